The lowest BCUT2D eigenvalue weighted by atomic mass is 9.90. The summed E-state index contributed by atoms with van der Waals surface area (Å²) < 4.78 is 0. The summed E-state index contributed by atoms with van der Waals surface area (Å²) >= 11 is 0. The molecule has 5 heteroatoms. The van der Waals surface area contributed by atoms with Crippen LogP contribution in [0.4, 0.5) is 0 Å². The molecule has 0 atom stereocenters. The van der Waals surface area contributed by atoms with Gasteiger partial charge in [-0.2, -0.15) is 0 Å². The maximum atomic E-state index is 11.7. The molecule has 1 rings (SSSR count). The van der Waals surface area contributed by atoms with E-state index in [1.54, 1.807) is 0 Å². The Balaban J connectivity index is 2.36. The normalized spacial score (nSPS) is 19.3. The van der Waals surface area contributed by atoms with E-state index in [9.17, 15) is 9.59 Å². The summed E-state index contributed by atoms with van der Waals surface area (Å²) in [6, 6.07) is 0. The van der Waals surface area contributed by atoms with Crippen LogP contribution >= 0.6 is 0 Å². The standard InChI is InChI=1S/C11H21N3O2/c1-9(15)13-8-10(16)14-6-4-11(2,12-3)5-7-14/h12H,4-8H2,1-3H3,(H,13,15). The molecule has 1 aliphatic rings. The number of hydrogen-bond donors (Lipinski definition) is 2. The Bertz CT molecular complexity index is 270. The van der Waals surface area contributed by atoms with Gasteiger partial charge < -0.3 is 15.5 Å². The number of likely N-dealkylation sites (tertiary alicyclic amines) is 1. The third-order valence-corrected chi connectivity index (χ3v) is 3.31. The predicted octanol–water partition coefficient (Wildman–Crippen LogP) is -0.277. The van der Waals surface area contributed by atoms with Crippen LogP contribution in [0.3, 0.4) is 0 Å². The third kappa shape index (κ3) is 3.48. The third-order valence-electron chi connectivity index (χ3n) is 3.31. The SMILES string of the molecule is CNC1(C)CCN(C(=O)CNC(C)=O)CC1. The molecular formula is C11H21N3O2. The van der Waals surface area contributed by atoms with Crippen molar-refractivity contribution in [3.63, 3.8) is 0 Å². The Labute approximate surface area is 96.6 Å². The van der Waals surface area contributed by atoms with Crippen molar-refractivity contribution in [2.45, 2.75) is 32.2 Å². The highest BCUT2D eigenvalue weighted by Gasteiger charge is 2.29. The Morgan fingerprint density at radius 2 is 1.88 bits per heavy atom. The molecule has 0 aromatic carbocycles. The van der Waals surface area contributed by atoms with E-state index in [1.165, 1.54) is 6.92 Å². The fraction of sp³-hybridized carbons (Fsp3) is 0.818. The van der Waals surface area contributed by atoms with Crippen LogP contribution in [0.15, 0.2) is 0 Å². The summed E-state index contributed by atoms with van der Waals surface area (Å²) in [5.74, 6) is -0.154. The molecule has 0 aliphatic carbocycles. The van der Waals surface area contributed by atoms with Crippen molar-refractivity contribution in [1.29, 1.82) is 0 Å². The monoisotopic (exact) mass is 227 g/mol. The number of carbonyl (C=O) groups is 2. The number of rotatable bonds is 3. The summed E-state index contributed by atoms with van der Waals surface area (Å²) in [6.07, 6.45) is 1.91. The van der Waals surface area contributed by atoms with Gasteiger partial charge in [0.1, 0.15) is 0 Å². The van der Waals surface area contributed by atoms with E-state index < -0.39 is 0 Å². The lowest BCUT2D eigenvalue weighted by Gasteiger charge is -2.39. The molecule has 1 fully saturated rings. The van der Waals surface area contributed by atoms with Gasteiger partial charge in [0.25, 0.3) is 0 Å². The number of amides is 2. The average molecular weight is 227 g/mol. The maximum Gasteiger partial charge on any atom is 0.241 e. The summed E-state index contributed by atoms with van der Waals surface area (Å²) in [5.41, 5.74) is 0.144. The number of nitrogens with zero attached hydrogens (tertiary/aromatic N) is 1. The number of carbonyl (C=O) groups excluding carboxylic acids is 2. The van der Waals surface area contributed by atoms with Gasteiger partial charge in [-0.25, -0.2) is 0 Å². The molecule has 1 aliphatic heterocycles. The van der Waals surface area contributed by atoms with Gasteiger partial charge in [0.15, 0.2) is 0 Å². The maximum absolute atomic E-state index is 11.7. The zero-order chi connectivity index (χ0) is 12.2. The highest BCUT2D eigenvalue weighted by molar-refractivity contribution is 5.83. The van der Waals surface area contributed by atoms with Crippen LogP contribution in [0.5, 0.6) is 0 Å². The molecule has 1 heterocycles. The number of piperidine rings is 1. The van der Waals surface area contributed by atoms with Crippen LogP contribution in [-0.4, -0.2) is 48.9 Å². The van der Waals surface area contributed by atoms with Crippen LogP contribution in [0.2, 0.25) is 0 Å². The Kier molecular flexibility index (Phi) is 4.29. The zero-order valence-electron chi connectivity index (χ0n) is 10.3. The largest absolute Gasteiger partial charge is 0.347 e. The smallest absolute Gasteiger partial charge is 0.241 e. The zero-order valence-corrected chi connectivity index (χ0v) is 10.3. The molecule has 0 bridgehead atoms. The molecule has 2 N–H and O–H groups in total. The van der Waals surface area contributed by atoms with Gasteiger partial charge in [-0.1, -0.05) is 0 Å². The summed E-state index contributed by atoms with van der Waals surface area (Å²) in [5, 5.41) is 5.81. The molecule has 5 nitrogen and oxygen atoms in total. The first-order chi connectivity index (χ1) is 7.47. The van der Waals surface area contributed by atoms with Gasteiger partial charge >= 0.3 is 0 Å². The Morgan fingerprint density at radius 1 is 1.31 bits per heavy atom. The minimum atomic E-state index is -0.162. The number of hydrogen-bond acceptors (Lipinski definition) is 3. The molecule has 1 saturated heterocycles. The molecule has 0 aromatic rings. The molecule has 0 spiro atoms. The quantitative estimate of drug-likeness (QED) is 0.697. The van der Waals surface area contributed by atoms with Gasteiger partial charge in [0.05, 0.1) is 6.54 Å². The van der Waals surface area contributed by atoms with Crippen molar-refractivity contribution in [3.8, 4) is 0 Å². The van der Waals surface area contributed by atoms with Crippen LogP contribution < -0.4 is 10.6 Å². The van der Waals surface area contributed by atoms with E-state index in [1.807, 2.05) is 11.9 Å². The molecule has 16 heavy (non-hydrogen) atoms. The highest BCUT2D eigenvalue weighted by atomic mass is 16.2. The van der Waals surface area contributed by atoms with Crippen molar-refractivity contribution in [1.82, 2.24) is 15.5 Å². The first-order valence-corrected chi connectivity index (χ1v) is 5.68. The van der Waals surface area contributed by atoms with Crippen molar-refractivity contribution in [2.24, 2.45) is 0 Å². The van der Waals surface area contributed by atoms with Crippen molar-refractivity contribution < 1.29 is 9.59 Å². The first kappa shape index (κ1) is 13.0. The topological polar surface area (TPSA) is 61.4 Å². The summed E-state index contributed by atoms with van der Waals surface area (Å²) in [6.45, 7) is 5.22. The second kappa shape index (κ2) is 5.30. The van der Waals surface area contributed by atoms with Gasteiger partial charge in [-0.3, -0.25) is 9.59 Å². The van der Waals surface area contributed by atoms with Gasteiger partial charge in [-0.05, 0) is 26.8 Å². The second-order valence-corrected chi connectivity index (χ2v) is 4.60. The van der Waals surface area contributed by atoms with E-state index in [0.717, 1.165) is 25.9 Å². The average Bonchev–Trinajstić information content (AvgIpc) is 2.27. The van der Waals surface area contributed by atoms with Gasteiger partial charge in [0.2, 0.25) is 11.8 Å². The fourth-order valence-corrected chi connectivity index (χ4v) is 1.81. The molecule has 0 unspecified atom stereocenters. The van der Waals surface area contributed by atoms with Crippen molar-refractivity contribution in [3.05, 3.63) is 0 Å². The van der Waals surface area contributed by atoms with Crippen LogP contribution in [0.1, 0.15) is 26.7 Å². The lowest BCUT2D eigenvalue weighted by molar-refractivity contribution is -0.133. The van der Waals surface area contributed by atoms with Crippen molar-refractivity contribution >= 4 is 11.8 Å². The minimum Gasteiger partial charge on any atom is -0.347 e. The number of nitrogens with one attached hydrogen (secondary N) is 2. The highest BCUT2D eigenvalue weighted by Crippen LogP contribution is 2.20. The van der Waals surface area contributed by atoms with Crippen LogP contribution in [0, 0.1) is 0 Å². The minimum absolute atomic E-state index is 0.00773. The predicted molar refractivity (Wildman–Crippen MR) is 62.0 cm³/mol. The van der Waals surface area contributed by atoms with Crippen LogP contribution in [0.25, 0.3) is 0 Å². The van der Waals surface area contributed by atoms with E-state index in [2.05, 4.69) is 17.6 Å². The van der Waals surface area contributed by atoms with E-state index in [4.69, 9.17) is 0 Å². The van der Waals surface area contributed by atoms with Crippen molar-refractivity contribution in [2.75, 3.05) is 26.7 Å². The summed E-state index contributed by atoms with van der Waals surface area (Å²) in [4.78, 5) is 24.2. The second-order valence-electron chi connectivity index (χ2n) is 4.60. The molecular weight excluding hydrogens is 206 g/mol. The molecule has 92 valence electrons. The Morgan fingerprint density at radius 3 is 2.31 bits per heavy atom. The van der Waals surface area contributed by atoms with Crippen LogP contribution in [-0.2, 0) is 9.59 Å². The van der Waals surface area contributed by atoms with Gasteiger partial charge in [-0.15, -0.1) is 0 Å². The Hall–Kier alpha value is -1.10. The molecule has 0 radical (unpaired) electrons. The van der Waals surface area contributed by atoms with Gasteiger partial charge in [0, 0.05) is 25.6 Å². The fourth-order valence-electron chi connectivity index (χ4n) is 1.81. The van der Waals surface area contributed by atoms with E-state index in [-0.39, 0.29) is 23.9 Å². The molecule has 0 saturated carbocycles. The molecule has 2 amide bonds. The first-order valence-electron chi connectivity index (χ1n) is 5.68. The molecule has 0 aromatic heterocycles. The van der Waals surface area contributed by atoms with E-state index >= 15 is 0 Å². The summed E-state index contributed by atoms with van der Waals surface area (Å²) in [7, 11) is 1.95. The van der Waals surface area contributed by atoms with E-state index in [0.29, 0.717) is 0 Å². The lowest BCUT2D eigenvalue weighted by Crippen LogP contribution is -2.52.